The average Bonchev–Trinajstić information content (AvgIpc) is 2.59. The summed E-state index contributed by atoms with van der Waals surface area (Å²) in [6, 6.07) is 0. The fourth-order valence-corrected chi connectivity index (χ4v) is 2.05. The smallest absolute Gasteiger partial charge is 0.187 e. The van der Waals surface area contributed by atoms with Crippen molar-refractivity contribution in [2.24, 2.45) is 0 Å². The Labute approximate surface area is 100 Å². The van der Waals surface area contributed by atoms with E-state index in [2.05, 4.69) is 39.6 Å². The molecule has 15 heavy (non-hydrogen) atoms. The average molecular weight is 249 g/mol. The zero-order valence-corrected chi connectivity index (χ0v) is 11.0. The number of anilines is 1. The molecule has 0 saturated heterocycles. The number of aromatic nitrogens is 2. The number of likely N-dealkylation sites (N-methyl/N-ethyl adjacent to an activating group) is 1. The van der Waals surface area contributed by atoms with E-state index < -0.39 is 0 Å². The summed E-state index contributed by atoms with van der Waals surface area (Å²) in [5.41, 5.74) is 0. The van der Waals surface area contributed by atoms with Gasteiger partial charge in [-0.15, -0.1) is 0 Å². The van der Waals surface area contributed by atoms with Crippen molar-refractivity contribution in [3.8, 4) is 0 Å². The van der Waals surface area contributed by atoms with E-state index >= 15 is 0 Å². The highest BCUT2D eigenvalue weighted by atomic mass is 35.5. The summed E-state index contributed by atoms with van der Waals surface area (Å²) in [5, 5.41) is 0.521. The standard InChI is InChI=1S/C9H17ClN4S/c1-4-5-14(7-6-13(2)3)9-8(10)11-15-12-9/h4-7H2,1-3H3. The first-order valence-electron chi connectivity index (χ1n) is 5.03. The summed E-state index contributed by atoms with van der Waals surface area (Å²) in [4.78, 5) is 4.34. The van der Waals surface area contributed by atoms with Crippen molar-refractivity contribution < 1.29 is 0 Å². The molecule has 0 aliphatic rings. The Kier molecular flexibility index (Phi) is 5.28. The summed E-state index contributed by atoms with van der Waals surface area (Å²) >= 11 is 7.13. The highest BCUT2D eigenvalue weighted by Crippen LogP contribution is 2.22. The molecule has 0 radical (unpaired) electrons. The molecule has 1 aromatic rings. The topological polar surface area (TPSA) is 32.3 Å². The minimum atomic E-state index is 0.521. The van der Waals surface area contributed by atoms with Gasteiger partial charge in [0.15, 0.2) is 11.0 Å². The minimum Gasteiger partial charge on any atom is -0.352 e. The molecule has 4 nitrogen and oxygen atoms in total. The molecule has 1 aromatic heterocycles. The molecule has 0 unspecified atom stereocenters. The first kappa shape index (κ1) is 12.7. The Bertz CT molecular complexity index is 289. The predicted octanol–water partition coefficient (Wildman–Crippen LogP) is 1.97. The fraction of sp³-hybridized carbons (Fsp3) is 0.778. The first-order valence-corrected chi connectivity index (χ1v) is 6.13. The van der Waals surface area contributed by atoms with Crippen LogP contribution in [-0.4, -0.2) is 47.4 Å². The summed E-state index contributed by atoms with van der Waals surface area (Å²) in [6.45, 7) is 5.05. The van der Waals surface area contributed by atoms with Gasteiger partial charge in [0.25, 0.3) is 0 Å². The Morgan fingerprint density at radius 2 is 1.93 bits per heavy atom. The maximum absolute atomic E-state index is 5.97. The van der Waals surface area contributed by atoms with Crippen molar-refractivity contribution in [3.05, 3.63) is 5.15 Å². The molecule has 0 aromatic carbocycles. The Hall–Kier alpha value is -0.390. The van der Waals surface area contributed by atoms with Gasteiger partial charge in [0, 0.05) is 19.6 Å². The summed E-state index contributed by atoms with van der Waals surface area (Å²) in [6.07, 6.45) is 1.08. The van der Waals surface area contributed by atoms with E-state index in [4.69, 9.17) is 11.6 Å². The van der Waals surface area contributed by atoms with E-state index in [1.807, 2.05) is 0 Å². The van der Waals surface area contributed by atoms with E-state index in [1.165, 1.54) is 11.7 Å². The lowest BCUT2D eigenvalue weighted by atomic mass is 10.4. The Balaban J connectivity index is 2.61. The SMILES string of the molecule is CCCN(CCN(C)C)c1nsnc1Cl. The van der Waals surface area contributed by atoms with Crippen LogP contribution in [0.2, 0.25) is 5.15 Å². The van der Waals surface area contributed by atoms with Crippen LogP contribution in [0.4, 0.5) is 5.82 Å². The lowest BCUT2D eigenvalue weighted by molar-refractivity contribution is 0.412. The van der Waals surface area contributed by atoms with Crippen molar-refractivity contribution in [1.29, 1.82) is 0 Å². The van der Waals surface area contributed by atoms with Gasteiger partial charge < -0.3 is 9.80 Å². The van der Waals surface area contributed by atoms with Gasteiger partial charge in [0.2, 0.25) is 0 Å². The third-order valence-electron chi connectivity index (χ3n) is 2.04. The van der Waals surface area contributed by atoms with Crippen LogP contribution in [0.1, 0.15) is 13.3 Å². The minimum absolute atomic E-state index is 0.521. The van der Waals surface area contributed by atoms with Gasteiger partial charge in [-0.3, -0.25) is 0 Å². The maximum Gasteiger partial charge on any atom is 0.187 e. The third-order valence-corrected chi connectivity index (χ3v) is 2.92. The van der Waals surface area contributed by atoms with Crippen LogP contribution in [0.15, 0.2) is 0 Å². The van der Waals surface area contributed by atoms with Crippen LogP contribution in [0.25, 0.3) is 0 Å². The normalized spacial score (nSPS) is 11.0. The van der Waals surface area contributed by atoms with Crippen LogP contribution >= 0.6 is 23.3 Å². The quantitative estimate of drug-likeness (QED) is 0.771. The molecule has 0 spiro atoms. The summed E-state index contributed by atoms with van der Waals surface area (Å²) in [7, 11) is 4.12. The zero-order chi connectivity index (χ0) is 11.3. The van der Waals surface area contributed by atoms with E-state index in [9.17, 15) is 0 Å². The number of hydrogen-bond acceptors (Lipinski definition) is 5. The van der Waals surface area contributed by atoms with Gasteiger partial charge in [-0.1, -0.05) is 18.5 Å². The monoisotopic (exact) mass is 248 g/mol. The van der Waals surface area contributed by atoms with Crippen LogP contribution in [0.5, 0.6) is 0 Å². The number of nitrogens with zero attached hydrogens (tertiary/aromatic N) is 4. The Morgan fingerprint density at radius 3 is 2.40 bits per heavy atom. The molecule has 0 amide bonds. The molecular formula is C9H17ClN4S. The van der Waals surface area contributed by atoms with E-state index in [1.54, 1.807) is 0 Å². The highest BCUT2D eigenvalue weighted by molar-refractivity contribution is 6.99. The van der Waals surface area contributed by atoms with Gasteiger partial charge in [0.05, 0.1) is 11.7 Å². The van der Waals surface area contributed by atoms with Crippen molar-refractivity contribution in [2.75, 3.05) is 38.6 Å². The second-order valence-electron chi connectivity index (χ2n) is 3.67. The fourth-order valence-electron chi connectivity index (χ4n) is 1.28. The van der Waals surface area contributed by atoms with Gasteiger partial charge in [-0.05, 0) is 20.5 Å². The molecule has 0 N–H and O–H groups in total. The van der Waals surface area contributed by atoms with E-state index in [-0.39, 0.29) is 0 Å². The largest absolute Gasteiger partial charge is 0.352 e. The number of hydrogen-bond donors (Lipinski definition) is 0. The predicted molar refractivity (Wildman–Crippen MR) is 66.0 cm³/mol. The second-order valence-corrected chi connectivity index (χ2v) is 4.56. The summed E-state index contributed by atoms with van der Waals surface area (Å²) in [5.74, 6) is 0.824. The Morgan fingerprint density at radius 1 is 1.20 bits per heavy atom. The maximum atomic E-state index is 5.97. The van der Waals surface area contributed by atoms with Gasteiger partial charge in [-0.2, -0.15) is 8.75 Å². The lowest BCUT2D eigenvalue weighted by Gasteiger charge is -2.23. The van der Waals surface area contributed by atoms with Gasteiger partial charge in [-0.25, -0.2) is 0 Å². The molecule has 1 rings (SSSR count). The van der Waals surface area contributed by atoms with Crippen LogP contribution in [0, 0.1) is 0 Å². The van der Waals surface area contributed by atoms with Gasteiger partial charge >= 0.3 is 0 Å². The summed E-state index contributed by atoms with van der Waals surface area (Å²) < 4.78 is 8.21. The third kappa shape index (κ3) is 3.93. The molecule has 0 fully saturated rings. The number of halogens is 1. The highest BCUT2D eigenvalue weighted by Gasteiger charge is 2.13. The van der Waals surface area contributed by atoms with Crippen molar-refractivity contribution in [3.63, 3.8) is 0 Å². The van der Waals surface area contributed by atoms with Crippen molar-refractivity contribution >= 4 is 29.1 Å². The first-order chi connectivity index (χ1) is 7.15. The van der Waals surface area contributed by atoms with Gasteiger partial charge in [0.1, 0.15) is 0 Å². The molecule has 0 aliphatic heterocycles. The molecule has 0 bridgehead atoms. The van der Waals surface area contributed by atoms with Crippen molar-refractivity contribution in [1.82, 2.24) is 13.6 Å². The van der Waals surface area contributed by atoms with E-state index in [0.717, 1.165) is 31.9 Å². The molecule has 6 heteroatoms. The molecule has 86 valence electrons. The lowest BCUT2D eigenvalue weighted by Crippen LogP contribution is -2.32. The molecular weight excluding hydrogens is 232 g/mol. The van der Waals surface area contributed by atoms with Crippen LogP contribution in [-0.2, 0) is 0 Å². The number of rotatable bonds is 6. The molecule has 0 aliphatic carbocycles. The molecule has 1 heterocycles. The zero-order valence-electron chi connectivity index (χ0n) is 9.40. The van der Waals surface area contributed by atoms with Crippen LogP contribution < -0.4 is 4.90 Å². The van der Waals surface area contributed by atoms with E-state index in [0.29, 0.717) is 5.15 Å². The van der Waals surface area contributed by atoms with Crippen molar-refractivity contribution in [2.45, 2.75) is 13.3 Å². The molecule has 0 atom stereocenters. The second kappa shape index (κ2) is 6.25. The molecule has 0 saturated carbocycles. The van der Waals surface area contributed by atoms with Crippen LogP contribution in [0.3, 0.4) is 0 Å².